The highest BCUT2D eigenvalue weighted by atomic mass is 16.2. The van der Waals surface area contributed by atoms with Crippen molar-refractivity contribution in [2.24, 2.45) is 17.6 Å². The number of carbonyl (C=O) groups is 3. The number of imide groups is 1. The molecule has 7 nitrogen and oxygen atoms in total. The van der Waals surface area contributed by atoms with Crippen LogP contribution in [-0.2, 0) is 16.1 Å². The topological polar surface area (TPSA) is 105 Å². The minimum atomic E-state index is -0.584. The first-order chi connectivity index (χ1) is 15.9. The number of nitrogens with zero attached hydrogens (tertiary/aromatic N) is 1. The van der Waals surface area contributed by atoms with Crippen molar-refractivity contribution in [1.82, 2.24) is 10.2 Å². The summed E-state index contributed by atoms with van der Waals surface area (Å²) in [5, 5.41) is 6.38. The molecular weight excluding hydrogens is 416 g/mol. The first-order valence-corrected chi connectivity index (χ1v) is 12.7. The fourth-order valence-electron chi connectivity index (χ4n) is 6.56. The quantitative estimate of drug-likeness (QED) is 0.608. The van der Waals surface area contributed by atoms with Crippen LogP contribution in [0.4, 0.5) is 5.69 Å². The highest BCUT2D eigenvalue weighted by Crippen LogP contribution is 2.46. The van der Waals surface area contributed by atoms with Crippen molar-refractivity contribution < 1.29 is 14.4 Å². The van der Waals surface area contributed by atoms with Crippen molar-refractivity contribution in [3.8, 4) is 0 Å². The van der Waals surface area contributed by atoms with Gasteiger partial charge < -0.3 is 16.0 Å². The smallest absolute Gasteiger partial charge is 0.255 e. The van der Waals surface area contributed by atoms with E-state index in [0.717, 1.165) is 55.7 Å². The number of carbonyl (C=O) groups excluding carboxylic acids is 3. The fraction of sp³-hybridized carbons (Fsp3) is 0.654. The second-order valence-corrected chi connectivity index (χ2v) is 10.8. The molecule has 1 unspecified atom stereocenters. The molecule has 3 amide bonds. The number of anilines is 1. The lowest BCUT2D eigenvalue weighted by molar-refractivity contribution is -0.136. The van der Waals surface area contributed by atoms with Crippen LogP contribution in [0, 0.1) is 11.8 Å². The maximum Gasteiger partial charge on any atom is 0.255 e. The van der Waals surface area contributed by atoms with Gasteiger partial charge in [-0.3, -0.25) is 19.7 Å². The zero-order chi connectivity index (χ0) is 23.2. The van der Waals surface area contributed by atoms with Crippen LogP contribution in [0.2, 0.25) is 0 Å². The van der Waals surface area contributed by atoms with Gasteiger partial charge in [-0.2, -0.15) is 0 Å². The monoisotopic (exact) mass is 452 g/mol. The Hall–Kier alpha value is -2.41. The Kier molecular flexibility index (Phi) is 5.93. The average Bonchev–Trinajstić information content (AvgIpc) is 3.13. The molecule has 178 valence electrons. The Bertz CT molecular complexity index is 945. The molecule has 1 atom stereocenters. The maximum atomic E-state index is 13.2. The number of piperidine rings is 1. The third kappa shape index (κ3) is 4.16. The molecule has 4 N–H and O–H groups in total. The van der Waals surface area contributed by atoms with Crippen LogP contribution in [0.15, 0.2) is 18.2 Å². The summed E-state index contributed by atoms with van der Waals surface area (Å²) in [6.45, 7) is 2.75. The summed E-state index contributed by atoms with van der Waals surface area (Å²) < 4.78 is 0. The average molecular weight is 453 g/mol. The van der Waals surface area contributed by atoms with Gasteiger partial charge in [-0.15, -0.1) is 0 Å². The number of benzene rings is 1. The lowest BCUT2D eigenvalue weighted by atomic mass is 9.65. The van der Waals surface area contributed by atoms with Crippen molar-refractivity contribution in [3.63, 3.8) is 0 Å². The van der Waals surface area contributed by atoms with E-state index in [1.165, 1.54) is 12.8 Å². The summed E-state index contributed by atoms with van der Waals surface area (Å²) in [6, 6.07) is 5.64. The molecule has 4 aliphatic rings. The van der Waals surface area contributed by atoms with Gasteiger partial charge in [0.05, 0.1) is 0 Å². The molecule has 5 rings (SSSR count). The van der Waals surface area contributed by atoms with E-state index in [1.54, 1.807) is 4.90 Å². The Morgan fingerprint density at radius 2 is 1.76 bits per heavy atom. The van der Waals surface area contributed by atoms with Crippen LogP contribution < -0.4 is 16.4 Å². The van der Waals surface area contributed by atoms with Gasteiger partial charge in [-0.05, 0) is 81.8 Å². The van der Waals surface area contributed by atoms with Gasteiger partial charge in [-0.25, -0.2) is 0 Å². The standard InChI is InChI=1S/C26H36N4O3/c1-16-11-13-26(14-12-16,17-5-7-18(27)8-6-17)29-21-4-2-3-19-20(21)15-30(25(19)33)22-9-10-23(31)28-24(22)32/h2-4,16-18,22,29H,5-15,27H2,1H3,(H,28,31,32). The summed E-state index contributed by atoms with van der Waals surface area (Å²) >= 11 is 0. The highest BCUT2D eigenvalue weighted by Gasteiger charge is 2.44. The van der Waals surface area contributed by atoms with E-state index in [0.29, 0.717) is 30.5 Å². The van der Waals surface area contributed by atoms with E-state index in [-0.39, 0.29) is 29.7 Å². The number of nitrogens with one attached hydrogen (secondary N) is 2. The van der Waals surface area contributed by atoms with E-state index >= 15 is 0 Å². The van der Waals surface area contributed by atoms with Crippen LogP contribution in [0.5, 0.6) is 0 Å². The number of hydrogen-bond acceptors (Lipinski definition) is 5. The fourth-order valence-corrected chi connectivity index (χ4v) is 6.56. The molecule has 2 heterocycles. The molecule has 2 saturated carbocycles. The van der Waals surface area contributed by atoms with Crippen molar-refractivity contribution in [2.45, 2.75) is 95.3 Å². The Morgan fingerprint density at radius 3 is 2.45 bits per heavy atom. The first-order valence-electron chi connectivity index (χ1n) is 12.7. The second-order valence-electron chi connectivity index (χ2n) is 10.8. The lowest BCUT2D eigenvalue weighted by Crippen LogP contribution is -2.52. The number of nitrogens with two attached hydrogens (primary N) is 1. The van der Waals surface area contributed by atoms with Crippen LogP contribution >= 0.6 is 0 Å². The third-order valence-corrected chi connectivity index (χ3v) is 8.69. The summed E-state index contributed by atoms with van der Waals surface area (Å²) in [7, 11) is 0. The molecule has 2 aliphatic carbocycles. The van der Waals surface area contributed by atoms with E-state index in [2.05, 4.69) is 23.6 Å². The van der Waals surface area contributed by atoms with Gasteiger partial charge in [0, 0.05) is 41.4 Å². The summed E-state index contributed by atoms with van der Waals surface area (Å²) in [5.74, 6) is 0.598. The Balaban J connectivity index is 1.41. The van der Waals surface area contributed by atoms with Crippen LogP contribution in [0.3, 0.4) is 0 Å². The minimum absolute atomic E-state index is 0.0346. The van der Waals surface area contributed by atoms with Crippen molar-refractivity contribution >= 4 is 23.4 Å². The van der Waals surface area contributed by atoms with Crippen LogP contribution in [0.25, 0.3) is 0 Å². The van der Waals surface area contributed by atoms with Crippen LogP contribution in [0.1, 0.15) is 87.1 Å². The molecular formula is C26H36N4O3. The molecule has 7 heteroatoms. The molecule has 1 saturated heterocycles. The molecule has 0 bridgehead atoms. The number of fused-ring (bicyclic) bond motifs is 1. The van der Waals surface area contributed by atoms with Crippen molar-refractivity contribution in [1.29, 1.82) is 0 Å². The summed E-state index contributed by atoms with van der Waals surface area (Å²) in [6.07, 6.45) is 9.83. The van der Waals surface area contributed by atoms with Gasteiger partial charge in [0.15, 0.2) is 0 Å². The second kappa shape index (κ2) is 8.75. The van der Waals surface area contributed by atoms with E-state index in [4.69, 9.17) is 5.73 Å². The largest absolute Gasteiger partial charge is 0.379 e. The zero-order valence-corrected chi connectivity index (χ0v) is 19.6. The van der Waals surface area contributed by atoms with Gasteiger partial charge in [0.2, 0.25) is 11.8 Å². The molecule has 1 aromatic carbocycles. The number of amides is 3. The third-order valence-electron chi connectivity index (χ3n) is 8.69. The number of hydrogen-bond donors (Lipinski definition) is 3. The molecule has 0 spiro atoms. The van der Waals surface area contributed by atoms with Gasteiger partial charge in [-0.1, -0.05) is 13.0 Å². The summed E-state index contributed by atoms with van der Waals surface area (Å²) in [4.78, 5) is 38.9. The van der Waals surface area contributed by atoms with E-state index < -0.39 is 6.04 Å². The van der Waals surface area contributed by atoms with Crippen molar-refractivity contribution in [2.75, 3.05) is 5.32 Å². The van der Waals surface area contributed by atoms with Gasteiger partial charge in [0.25, 0.3) is 5.91 Å². The van der Waals surface area contributed by atoms with E-state index in [1.807, 2.05) is 12.1 Å². The molecule has 3 fully saturated rings. The minimum Gasteiger partial charge on any atom is -0.379 e. The SMILES string of the molecule is CC1CCC(Nc2cccc3c2CN(C2CCC(=O)NC2=O)C3=O)(C2CCC(N)CC2)CC1. The van der Waals surface area contributed by atoms with Crippen LogP contribution in [-0.4, -0.2) is 40.2 Å². The molecule has 2 aliphatic heterocycles. The predicted octanol–water partition coefficient (Wildman–Crippen LogP) is 3.33. The lowest BCUT2D eigenvalue weighted by Gasteiger charge is -2.49. The number of rotatable bonds is 4. The molecule has 0 radical (unpaired) electrons. The Labute approximate surface area is 195 Å². The zero-order valence-electron chi connectivity index (χ0n) is 19.6. The van der Waals surface area contributed by atoms with E-state index in [9.17, 15) is 14.4 Å². The van der Waals surface area contributed by atoms with Crippen molar-refractivity contribution in [3.05, 3.63) is 29.3 Å². The molecule has 0 aromatic heterocycles. The normalized spacial score (nSPS) is 34.7. The van der Waals surface area contributed by atoms with Gasteiger partial charge >= 0.3 is 0 Å². The first kappa shape index (κ1) is 22.4. The van der Waals surface area contributed by atoms with Gasteiger partial charge in [0.1, 0.15) is 6.04 Å². The molecule has 1 aromatic rings. The highest BCUT2D eigenvalue weighted by molar-refractivity contribution is 6.06. The predicted molar refractivity (Wildman–Crippen MR) is 126 cm³/mol. The maximum absolute atomic E-state index is 13.2. The summed E-state index contributed by atoms with van der Waals surface area (Å²) in [5.41, 5.74) is 8.94. The Morgan fingerprint density at radius 1 is 1.03 bits per heavy atom. The molecule has 33 heavy (non-hydrogen) atoms.